The van der Waals surface area contributed by atoms with Crippen molar-refractivity contribution in [2.75, 3.05) is 0 Å². The normalized spacial score (nSPS) is 22.4. The molecule has 4 rings (SSSR count). The molecule has 0 N–H and O–H groups in total. The predicted octanol–water partition coefficient (Wildman–Crippen LogP) is 8.92. The molecule has 0 aliphatic carbocycles. The Kier molecular flexibility index (Phi) is 37.2. The third-order valence-corrected chi connectivity index (χ3v) is 17.2. The van der Waals surface area contributed by atoms with Crippen molar-refractivity contribution >= 4 is 120 Å². The summed E-state index contributed by atoms with van der Waals surface area (Å²) in [6.45, 7) is 16.8. The van der Waals surface area contributed by atoms with Gasteiger partial charge in [0.2, 0.25) is 0 Å². The van der Waals surface area contributed by atoms with Crippen molar-refractivity contribution in [1.29, 1.82) is 0 Å². The first kappa shape index (κ1) is 53.3. The minimum atomic E-state index is -3.87. The molecule has 0 bridgehead atoms. The maximum absolute atomic E-state index is 9.97. The molecule has 4 saturated heterocycles. The minimum absolute atomic E-state index is 0. The van der Waals surface area contributed by atoms with Crippen LogP contribution in [0, 0.1) is 25.7 Å². The Balaban J connectivity index is -0.000000468. The number of unbranched alkanes of at least 4 members (excludes halogenated alkanes) is 2. The average Bonchev–Trinajstić information content (AvgIpc) is 3.77. The molecule has 0 radical (unpaired) electrons. The summed E-state index contributed by atoms with van der Waals surface area (Å²) < 4.78 is 71.9. The van der Waals surface area contributed by atoms with E-state index in [4.69, 9.17) is 0 Å². The van der Waals surface area contributed by atoms with Gasteiger partial charge >= 0.3 is 21.1 Å². The van der Waals surface area contributed by atoms with Gasteiger partial charge in [0.05, 0.1) is 0 Å². The van der Waals surface area contributed by atoms with E-state index < -0.39 is 31.3 Å². The Hall–Kier alpha value is 3.93. The molecule has 4 fully saturated rings. The maximum atomic E-state index is 9.97. The van der Waals surface area contributed by atoms with Crippen LogP contribution in [0.5, 0.6) is 0 Å². The largest absolute Gasteiger partial charge is 4.00 e. The number of hydrogen-bond donors (Lipinski definition) is 0. The summed E-state index contributed by atoms with van der Waals surface area (Å²) in [6, 6.07) is 0. The van der Waals surface area contributed by atoms with Gasteiger partial charge in [-0.1, -0.05) is 79.1 Å². The van der Waals surface area contributed by atoms with Gasteiger partial charge in [0.1, 0.15) is 88.6 Å². The van der Waals surface area contributed by atoms with Gasteiger partial charge in [-0.25, -0.2) is 31.8 Å². The standard InChI is InChI=1S/2C8H17.Mo.4HO4PS2/c2*1-4-6-7-8(3)5-2;;4*1-5(2)3-6-7-4-5/h2*8H,3-7H2,1-2H3;;4*(H,1,2)/q2*-1;+4;;;;/p-4. The summed E-state index contributed by atoms with van der Waals surface area (Å²) in [4.78, 5) is 39.9. The fraction of sp³-hybridized carbons (Fsp3) is 0.875. The molecule has 4 heterocycles. The van der Waals surface area contributed by atoms with E-state index in [0.29, 0.717) is 100 Å². The molecule has 4 aliphatic heterocycles. The molecule has 0 spiro atoms. The number of phosphoric acid groups is 4. The van der Waals surface area contributed by atoms with Crippen molar-refractivity contribution in [3.63, 3.8) is 0 Å². The van der Waals surface area contributed by atoms with E-state index in [1.165, 1.54) is 51.4 Å². The Morgan fingerprint density at radius 1 is 0.489 bits per heavy atom. The van der Waals surface area contributed by atoms with Crippen LogP contribution in [-0.4, -0.2) is 0 Å². The second-order valence-electron chi connectivity index (χ2n) is 7.76. The van der Waals surface area contributed by atoms with E-state index in [1.54, 1.807) is 0 Å². The van der Waals surface area contributed by atoms with Crippen LogP contribution >= 0.6 is 120 Å². The quantitative estimate of drug-likeness (QED) is 0.0726. The topological polar surface area (TPSA) is 234 Å². The molecule has 270 valence electrons. The summed E-state index contributed by atoms with van der Waals surface area (Å²) in [5.74, 6) is 1.41. The molecule has 2 unspecified atom stereocenters. The van der Waals surface area contributed by atoms with E-state index in [1.807, 2.05) is 0 Å². The first-order valence-electron chi connectivity index (χ1n) is 12.2. The van der Waals surface area contributed by atoms with E-state index in [0.717, 1.165) is 0 Å². The molecule has 0 amide bonds. The molecule has 29 heteroatoms. The molecule has 0 aromatic heterocycles. The zero-order valence-corrected chi connectivity index (χ0v) is 36.3. The fourth-order valence-corrected chi connectivity index (χ4v) is 13.5. The molecule has 16 nitrogen and oxygen atoms in total. The van der Waals surface area contributed by atoms with Gasteiger partial charge in [0.25, 0.3) is 31.3 Å². The number of hydrogen-bond acceptors (Lipinski definition) is 24. The van der Waals surface area contributed by atoms with Crippen LogP contribution < -0.4 is 19.6 Å². The second-order valence-corrected chi connectivity index (χ2v) is 20.5. The third kappa shape index (κ3) is 37.5. The molecule has 2 atom stereocenters. The third-order valence-electron chi connectivity index (χ3n) is 4.17. The van der Waals surface area contributed by atoms with E-state index in [-0.39, 0.29) is 21.1 Å². The molecule has 0 aromatic carbocycles. The van der Waals surface area contributed by atoms with Crippen molar-refractivity contribution in [2.24, 2.45) is 11.8 Å². The van der Waals surface area contributed by atoms with Gasteiger partial charge in [0.15, 0.2) is 0 Å². The summed E-state index contributed by atoms with van der Waals surface area (Å²) in [5.41, 5.74) is 0. The molecule has 45 heavy (non-hydrogen) atoms. The molecule has 4 aliphatic rings. The first-order valence-corrected chi connectivity index (χ1v) is 26.0. The van der Waals surface area contributed by atoms with Crippen LogP contribution in [0.4, 0.5) is 0 Å². The fourth-order valence-electron chi connectivity index (χ4n) is 1.84. The van der Waals surface area contributed by atoms with Crippen LogP contribution in [0.3, 0.4) is 0 Å². The van der Waals surface area contributed by atoms with Crippen LogP contribution in [0.2, 0.25) is 0 Å². The van der Waals surface area contributed by atoms with Crippen molar-refractivity contribution in [2.45, 2.75) is 79.1 Å². The van der Waals surface area contributed by atoms with Crippen molar-refractivity contribution in [1.82, 2.24) is 0 Å². The zero-order chi connectivity index (χ0) is 34.1. The van der Waals surface area contributed by atoms with Crippen molar-refractivity contribution in [3.05, 3.63) is 13.8 Å². The molecular weight excluding hydrogens is 925 g/mol. The average molecular weight is 959 g/mol. The second kappa shape index (κ2) is 31.5. The van der Waals surface area contributed by atoms with Crippen molar-refractivity contribution in [3.8, 4) is 0 Å². The Morgan fingerprint density at radius 2 is 0.667 bits per heavy atom. The molecule has 0 aromatic rings. The summed E-state index contributed by atoms with van der Waals surface area (Å²) in [5, 5.41) is 0. The van der Waals surface area contributed by atoms with Crippen LogP contribution in [0.1, 0.15) is 79.1 Å². The minimum Gasteiger partial charge on any atom is -0.755 e. The van der Waals surface area contributed by atoms with Gasteiger partial charge in [-0.2, -0.15) is 11.8 Å². The van der Waals surface area contributed by atoms with Gasteiger partial charge in [0, 0.05) is 0 Å². The zero-order valence-electron chi connectivity index (χ0n) is 24.2. The van der Waals surface area contributed by atoms with Gasteiger partial charge < -0.3 is 33.4 Å². The van der Waals surface area contributed by atoms with Crippen LogP contribution in [0.15, 0.2) is 0 Å². The monoisotopic (exact) mass is 960 g/mol. The SMILES string of the molecule is O=P1([O-])OSSO1.O=P1([O-])OSSO1.O=P1([O-])OSSO1.O=P1([O-])OSSO1.[CH2-]C(CC)CCCC.[CH2-]C(CC)CCCC.[Mo+4]. The smallest absolute Gasteiger partial charge is 0.755 e. The Labute approximate surface area is 312 Å². The van der Waals surface area contributed by atoms with Crippen LogP contribution in [-0.2, 0) is 71.1 Å². The molecular formula is C16H34MoO16P4S8-2. The van der Waals surface area contributed by atoms with Crippen molar-refractivity contribution < 1.29 is 90.7 Å². The van der Waals surface area contributed by atoms with Gasteiger partial charge in [-0.3, -0.25) is 18.3 Å². The van der Waals surface area contributed by atoms with E-state index >= 15 is 0 Å². The summed E-state index contributed by atoms with van der Waals surface area (Å²) in [6.07, 6.45) is 10.4. The van der Waals surface area contributed by atoms with E-state index in [2.05, 4.69) is 73.3 Å². The van der Waals surface area contributed by atoms with Gasteiger partial charge in [-0.05, 0) is 0 Å². The summed E-state index contributed by atoms with van der Waals surface area (Å²) >= 11 is 5.60. The maximum Gasteiger partial charge on any atom is 4.00 e. The number of rotatable bonds is 8. The van der Waals surface area contributed by atoms with Crippen LogP contribution in [0.25, 0.3) is 0 Å². The summed E-state index contributed by atoms with van der Waals surface area (Å²) in [7, 11) is -15.5. The van der Waals surface area contributed by atoms with Gasteiger partial charge in [-0.15, -0.1) is 0 Å². The predicted molar refractivity (Wildman–Crippen MR) is 177 cm³/mol. The van der Waals surface area contributed by atoms with E-state index in [9.17, 15) is 37.8 Å². The first-order chi connectivity index (χ1) is 20.4. The Bertz CT molecular complexity index is 755. The molecule has 0 saturated carbocycles. The Morgan fingerprint density at radius 3 is 0.756 bits per heavy atom.